The number of aryl methyl sites for hydroxylation is 2. The van der Waals surface area contributed by atoms with Gasteiger partial charge in [0, 0.05) is 11.4 Å². The molecular formula is C17H20N2O. The van der Waals surface area contributed by atoms with Gasteiger partial charge in [0.05, 0.1) is 6.42 Å². The molecule has 0 bridgehead atoms. The summed E-state index contributed by atoms with van der Waals surface area (Å²) < 4.78 is 0. The van der Waals surface area contributed by atoms with Crippen LogP contribution in [0.25, 0.3) is 0 Å². The lowest BCUT2D eigenvalue weighted by Gasteiger charge is -2.09. The number of hydrogen-bond acceptors (Lipinski definition) is 2. The highest BCUT2D eigenvalue weighted by molar-refractivity contribution is 5.92. The summed E-state index contributed by atoms with van der Waals surface area (Å²) in [6.45, 7) is 4.19. The second-order valence-electron chi connectivity index (χ2n) is 4.96. The van der Waals surface area contributed by atoms with E-state index >= 15 is 0 Å². The standard InChI is InChI=1S/C17H20N2O/c1-3-14-7-8-16(9-12(14)2)19-17(20)11-13-5-4-6-15(18)10-13/h4-10H,3,11,18H2,1-2H3,(H,19,20). The lowest BCUT2D eigenvalue weighted by Crippen LogP contribution is -2.14. The highest BCUT2D eigenvalue weighted by Crippen LogP contribution is 2.16. The van der Waals surface area contributed by atoms with E-state index in [-0.39, 0.29) is 5.91 Å². The molecule has 0 atom stereocenters. The number of anilines is 2. The van der Waals surface area contributed by atoms with E-state index in [4.69, 9.17) is 5.73 Å². The van der Waals surface area contributed by atoms with Gasteiger partial charge in [-0.15, -0.1) is 0 Å². The minimum absolute atomic E-state index is 0.0285. The van der Waals surface area contributed by atoms with Crippen LogP contribution in [0, 0.1) is 6.92 Å². The molecule has 0 aliphatic carbocycles. The van der Waals surface area contributed by atoms with Crippen LogP contribution in [0.3, 0.4) is 0 Å². The van der Waals surface area contributed by atoms with E-state index in [0.29, 0.717) is 12.1 Å². The Labute approximate surface area is 119 Å². The molecule has 2 rings (SSSR count). The first kappa shape index (κ1) is 14.1. The van der Waals surface area contributed by atoms with Crippen LogP contribution in [-0.4, -0.2) is 5.91 Å². The molecule has 2 aromatic carbocycles. The van der Waals surface area contributed by atoms with Crippen LogP contribution >= 0.6 is 0 Å². The Hall–Kier alpha value is -2.29. The summed E-state index contributed by atoms with van der Waals surface area (Å²) in [6, 6.07) is 13.4. The zero-order valence-electron chi connectivity index (χ0n) is 11.9. The molecule has 0 saturated heterocycles. The fourth-order valence-electron chi connectivity index (χ4n) is 2.26. The van der Waals surface area contributed by atoms with Crippen LogP contribution in [0.4, 0.5) is 11.4 Å². The molecule has 0 fully saturated rings. The van der Waals surface area contributed by atoms with Crippen molar-refractivity contribution >= 4 is 17.3 Å². The zero-order valence-corrected chi connectivity index (χ0v) is 11.9. The highest BCUT2D eigenvalue weighted by atomic mass is 16.1. The number of rotatable bonds is 4. The van der Waals surface area contributed by atoms with Gasteiger partial charge < -0.3 is 11.1 Å². The zero-order chi connectivity index (χ0) is 14.5. The number of carbonyl (C=O) groups is 1. The van der Waals surface area contributed by atoms with E-state index in [1.165, 1.54) is 11.1 Å². The molecule has 0 aromatic heterocycles. The van der Waals surface area contributed by atoms with Crippen LogP contribution in [0.1, 0.15) is 23.6 Å². The summed E-state index contributed by atoms with van der Waals surface area (Å²) in [5, 5.41) is 2.92. The minimum atomic E-state index is -0.0285. The summed E-state index contributed by atoms with van der Waals surface area (Å²) in [5.74, 6) is -0.0285. The maximum Gasteiger partial charge on any atom is 0.228 e. The van der Waals surface area contributed by atoms with E-state index in [0.717, 1.165) is 17.7 Å². The highest BCUT2D eigenvalue weighted by Gasteiger charge is 2.05. The lowest BCUT2D eigenvalue weighted by atomic mass is 10.1. The Kier molecular flexibility index (Phi) is 4.41. The van der Waals surface area contributed by atoms with Crippen molar-refractivity contribution in [1.82, 2.24) is 0 Å². The Balaban J connectivity index is 2.03. The number of benzene rings is 2. The molecule has 3 heteroatoms. The Morgan fingerprint density at radius 1 is 1.20 bits per heavy atom. The van der Waals surface area contributed by atoms with Gasteiger partial charge in [0.15, 0.2) is 0 Å². The minimum Gasteiger partial charge on any atom is -0.399 e. The lowest BCUT2D eigenvalue weighted by molar-refractivity contribution is -0.115. The quantitative estimate of drug-likeness (QED) is 0.836. The molecule has 0 saturated carbocycles. The molecule has 3 nitrogen and oxygen atoms in total. The van der Waals surface area contributed by atoms with Gasteiger partial charge in [0.2, 0.25) is 5.91 Å². The first-order valence-corrected chi connectivity index (χ1v) is 6.82. The first-order valence-electron chi connectivity index (χ1n) is 6.82. The summed E-state index contributed by atoms with van der Waals surface area (Å²) in [4.78, 5) is 12.0. The van der Waals surface area contributed by atoms with E-state index in [1.807, 2.05) is 36.4 Å². The molecule has 1 amide bonds. The van der Waals surface area contributed by atoms with Crippen molar-refractivity contribution in [2.75, 3.05) is 11.1 Å². The van der Waals surface area contributed by atoms with E-state index in [9.17, 15) is 4.79 Å². The van der Waals surface area contributed by atoms with Crippen molar-refractivity contribution < 1.29 is 4.79 Å². The third-order valence-electron chi connectivity index (χ3n) is 3.32. The monoisotopic (exact) mass is 268 g/mol. The molecule has 3 N–H and O–H groups in total. The molecule has 20 heavy (non-hydrogen) atoms. The van der Waals surface area contributed by atoms with Gasteiger partial charge in [-0.25, -0.2) is 0 Å². The average molecular weight is 268 g/mol. The summed E-state index contributed by atoms with van der Waals surface area (Å²) in [5.41, 5.74) is 10.7. The van der Waals surface area contributed by atoms with E-state index < -0.39 is 0 Å². The molecule has 104 valence electrons. The third-order valence-corrected chi connectivity index (χ3v) is 3.32. The van der Waals surface area contributed by atoms with Crippen molar-refractivity contribution in [3.05, 3.63) is 59.2 Å². The number of nitrogen functional groups attached to an aromatic ring is 1. The van der Waals surface area contributed by atoms with Crippen LogP contribution in [-0.2, 0) is 17.6 Å². The summed E-state index contributed by atoms with van der Waals surface area (Å²) in [6.07, 6.45) is 1.34. The van der Waals surface area contributed by atoms with Crippen LogP contribution in [0.2, 0.25) is 0 Å². The number of hydrogen-bond donors (Lipinski definition) is 2. The van der Waals surface area contributed by atoms with Crippen LogP contribution in [0.5, 0.6) is 0 Å². The van der Waals surface area contributed by atoms with Gasteiger partial charge in [0.1, 0.15) is 0 Å². The number of nitrogens with one attached hydrogen (secondary N) is 1. The Morgan fingerprint density at radius 3 is 2.65 bits per heavy atom. The van der Waals surface area contributed by atoms with Crippen molar-refractivity contribution in [3.8, 4) is 0 Å². The predicted molar refractivity (Wildman–Crippen MR) is 83.7 cm³/mol. The van der Waals surface area contributed by atoms with Crippen molar-refractivity contribution in [2.24, 2.45) is 0 Å². The molecule has 0 radical (unpaired) electrons. The molecule has 0 aliphatic rings. The van der Waals surface area contributed by atoms with Gasteiger partial charge in [-0.2, -0.15) is 0 Å². The fraction of sp³-hybridized carbons (Fsp3) is 0.235. The van der Waals surface area contributed by atoms with Crippen LogP contribution in [0.15, 0.2) is 42.5 Å². The largest absolute Gasteiger partial charge is 0.399 e. The van der Waals surface area contributed by atoms with Gasteiger partial charge in [-0.05, 0) is 54.3 Å². The first-order chi connectivity index (χ1) is 9.58. The second kappa shape index (κ2) is 6.24. The topological polar surface area (TPSA) is 55.1 Å². The molecule has 0 unspecified atom stereocenters. The predicted octanol–water partition coefficient (Wildman–Crippen LogP) is 3.32. The average Bonchev–Trinajstić information content (AvgIpc) is 2.38. The normalized spacial score (nSPS) is 10.3. The Bertz CT molecular complexity index is 620. The van der Waals surface area contributed by atoms with Gasteiger partial charge in [-0.3, -0.25) is 4.79 Å². The van der Waals surface area contributed by atoms with Gasteiger partial charge in [0.25, 0.3) is 0 Å². The Morgan fingerprint density at radius 2 is 2.00 bits per heavy atom. The molecule has 0 aliphatic heterocycles. The van der Waals surface area contributed by atoms with Crippen LogP contribution < -0.4 is 11.1 Å². The molecule has 0 spiro atoms. The van der Waals surface area contributed by atoms with Crippen molar-refractivity contribution in [2.45, 2.75) is 26.7 Å². The number of amides is 1. The molecular weight excluding hydrogens is 248 g/mol. The summed E-state index contributed by atoms with van der Waals surface area (Å²) >= 11 is 0. The maximum absolute atomic E-state index is 12.0. The third kappa shape index (κ3) is 3.60. The molecule has 2 aromatic rings. The smallest absolute Gasteiger partial charge is 0.228 e. The van der Waals surface area contributed by atoms with Crippen molar-refractivity contribution in [1.29, 1.82) is 0 Å². The second-order valence-corrected chi connectivity index (χ2v) is 4.96. The van der Waals surface area contributed by atoms with E-state index in [1.54, 1.807) is 0 Å². The molecule has 0 heterocycles. The SMILES string of the molecule is CCc1ccc(NC(=O)Cc2cccc(N)c2)cc1C. The maximum atomic E-state index is 12.0. The fourth-order valence-corrected chi connectivity index (χ4v) is 2.26. The summed E-state index contributed by atoms with van der Waals surface area (Å²) in [7, 11) is 0. The van der Waals surface area contributed by atoms with Gasteiger partial charge in [-0.1, -0.05) is 25.1 Å². The number of nitrogens with two attached hydrogens (primary N) is 1. The number of carbonyl (C=O) groups excluding carboxylic acids is 1. The van der Waals surface area contributed by atoms with E-state index in [2.05, 4.69) is 25.2 Å². The van der Waals surface area contributed by atoms with Gasteiger partial charge >= 0.3 is 0 Å². The van der Waals surface area contributed by atoms with Crippen molar-refractivity contribution in [3.63, 3.8) is 0 Å².